The second-order valence-electron chi connectivity index (χ2n) is 5.07. The van der Waals surface area contributed by atoms with Crippen LogP contribution in [0, 0.1) is 11.7 Å². The van der Waals surface area contributed by atoms with Gasteiger partial charge in [-0.3, -0.25) is 0 Å². The Morgan fingerprint density at radius 1 is 1.33 bits per heavy atom. The fraction of sp³-hybridized carbons (Fsp3) is 0.467. The first-order chi connectivity index (χ1) is 8.60. The summed E-state index contributed by atoms with van der Waals surface area (Å²) in [7, 11) is 0. The first-order valence-corrected chi connectivity index (χ1v) is 7.36. The molecule has 98 valence electrons. The molecule has 2 atom stereocenters. The van der Waals surface area contributed by atoms with Gasteiger partial charge in [0.2, 0.25) is 0 Å². The highest BCUT2D eigenvalue weighted by molar-refractivity contribution is 7.19. The van der Waals surface area contributed by atoms with E-state index in [9.17, 15) is 4.39 Å². The number of halogens is 1. The second-order valence-corrected chi connectivity index (χ2v) is 6.18. The van der Waals surface area contributed by atoms with Crippen LogP contribution in [0.15, 0.2) is 24.3 Å². The summed E-state index contributed by atoms with van der Waals surface area (Å²) in [4.78, 5) is 1.17. The molecule has 0 saturated carbocycles. The summed E-state index contributed by atoms with van der Waals surface area (Å²) in [6.45, 7) is 4.45. The fourth-order valence-electron chi connectivity index (χ4n) is 2.38. The largest absolute Gasteiger partial charge is 0.323 e. The Bertz CT molecular complexity index is 520. The SMILES string of the molecule is CCCC(C)CC(N)c1cc2cc(F)ccc2s1. The molecule has 0 saturated heterocycles. The third-order valence-electron chi connectivity index (χ3n) is 3.30. The van der Waals surface area contributed by atoms with Crippen molar-refractivity contribution >= 4 is 21.4 Å². The topological polar surface area (TPSA) is 26.0 Å². The maximum Gasteiger partial charge on any atom is 0.123 e. The molecule has 0 bridgehead atoms. The highest BCUT2D eigenvalue weighted by atomic mass is 32.1. The predicted molar refractivity (Wildman–Crippen MR) is 77.4 cm³/mol. The van der Waals surface area contributed by atoms with Crippen molar-refractivity contribution in [3.05, 3.63) is 35.0 Å². The molecule has 1 nitrogen and oxygen atoms in total. The number of fused-ring (bicyclic) bond motifs is 1. The summed E-state index contributed by atoms with van der Waals surface area (Å²) in [5.74, 6) is 0.465. The summed E-state index contributed by atoms with van der Waals surface area (Å²) < 4.78 is 14.2. The molecule has 1 heterocycles. The van der Waals surface area contributed by atoms with Crippen LogP contribution in [-0.4, -0.2) is 0 Å². The maximum atomic E-state index is 13.1. The fourth-order valence-corrected chi connectivity index (χ4v) is 3.44. The lowest BCUT2D eigenvalue weighted by Crippen LogP contribution is -2.12. The van der Waals surface area contributed by atoms with Gasteiger partial charge in [0, 0.05) is 15.6 Å². The van der Waals surface area contributed by atoms with E-state index in [-0.39, 0.29) is 11.9 Å². The van der Waals surface area contributed by atoms with Gasteiger partial charge >= 0.3 is 0 Å². The second kappa shape index (κ2) is 5.81. The van der Waals surface area contributed by atoms with Gasteiger partial charge in [-0.15, -0.1) is 11.3 Å². The molecule has 0 aliphatic heterocycles. The van der Waals surface area contributed by atoms with Gasteiger partial charge in [-0.1, -0.05) is 26.7 Å². The lowest BCUT2D eigenvalue weighted by atomic mass is 9.97. The van der Waals surface area contributed by atoms with Gasteiger partial charge in [-0.05, 0) is 42.0 Å². The van der Waals surface area contributed by atoms with Crippen LogP contribution in [0.5, 0.6) is 0 Å². The summed E-state index contributed by atoms with van der Waals surface area (Å²) in [6, 6.07) is 7.03. The van der Waals surface area contributed by atoms with Gasteiger partial charge in [0.15, 0.2) is 0 Å². The van der Waals surface area contributed by atoms with Crippen molar-refractivity contribution in [1.29, 1.82) is 0 Å². The molecule has 0 radical (unpaired) electrons. The lowest BCUT2D eigenvalue weighted by Gasteiger charge is -2.15. The molecule has 0 fully saturated rings. The molecule has 3 heteroatoms. The monoisotopic (exact) mass is 265 g/mol. The van der Waals surface area contributed by atoms with Gasteiger partial charge < -0.3 is 5.73 Å². The zero-order valence-electron chi connectivity index (χ0n) is 10.9. The minimum atomic E-state index is -0.181. The van der Waals surface area contributed by atoms with Gasteiger partial charge in [-0.25, -0.2) is 4.39 Å². The van der Waals surface area contributed by atoms with Crippen molar-refractivity contribution in [1.82, 2.24) is 0 Å². The van der Waals surface area contributed by atoms with Gasteiger partial charge in [0.1, 0.15) is 5.82 Å². The Morgan fingerprint density at radius 3 is 2.83 bits per heavy atom. The van der Waals surface area contributed by atoms with Crippen molar-refractivity contribution in [3.63, 3.8) is 0 Å². The van der Waals surface area contributed by atoms with Crippen LogP contribution in [0.2, 0.25) is 0 Å². The van der Waals surface area contributed by atoms with E-state index in [0.29, 0.717) is 5.92 Å². The van der Waals surface area contributed by atoms with Crippen LogP contribution in [0.4, 0.5) is 4.39 Å². The normalized spacial score (nSPS) is 14.9. The number of thiophene rings is 1. The number of hydrogen-bond acceptors (Lipinski definition) is 2. The summed E-state index contributed by atoms with van der Waals surface area (Å²) >= 11 is 1.68. The smallest absolute Gasteiger partial charge is 0.123 e. The Hall–Kier alpha value is -0.930. The third-order valence-corrected chi connectivity index (χ3v) is 4.55. The van der Waals surface area contributed by atoms with Crippen LogP contribution in [0.25, 0.3) is 10.1 Å². The molecule has 1 aromatic carbocycles. The van der Waals surface area contributed by atoms with E-state index in [2.05, 4.69) is 13.8 Å². The number of benzene rings is 1. The van der Waals surface area contributed by atoms with E-state index < -0.39 is 0 Å². The molecule has 0 aliphatic carbocycles. The van der Waals surface area contributed by atoms with E-state index in [0.717, 1.165) is 16.5 Å². The first-order valence-electron chi connectivity index (χ1n) is 6.54. The highest BCUT2D eigenvalue weighted by Gasteiger charge is 2.13. The molecule has 0 aliphatic rings. The molecule has 2 rings (SSSR count). The molecule has 2 aromatic rings. The van der Waals surface area contributed by atoms with Crippen LogP contribution in [-0.2, 0) is 0 Å². The van der Waals surface area contributed by atoms with Crippen molar-refractivity contribution in [2.45, 2.75) is 39.2 Å². The third kappa shape index (κ3) is 3.09. The highest BCUT2D eigenvalue weighted by Crippen LogP contribution is 2.32. The zero-order valence-corrected chi connectivity index (χ0v) is 11.8. The molecule has 0 amide bonds. The van der Waals surface area contributed by atoms with Crippen LogP contribution in [0.3, 0.4) is 0 Å². The maximum absolute atomic E-state index is 13.1. The summed E-state index contributed by atoms with van der Waals surface area (Å²) in [6.07, 6.45) is 3.42. The van der Waals surface area contributed by atoms with Gasteiger partial charge in [-0.2, -0.15) is 0 Å². The quantitative estimate of drug-likeness (QED) is 0.820. The van der Waals surface area contributed by atoms with Gasteiger partial charge in [0.05, 0.1) is 0 Å². The molecule has 1 aromatic heterocycles. The standard InChI is InChI=1S/C15H20FNS/c1-3-4-10(2)7-13(17)15-9-11-8-12(16)5-6-14(11)18-15/h5-6,8-10,13H,3-4,7,17H2,1-2H3. The minimum absolute atomic E-state index is 0.0759. The van der Waals surface area contributed by atoms with Crippen LogP contribution < -0.4 is 5.73 Å². The van der Waals surface area contributed by atoms with Gasteiger partial charge in [0.25, 0.3) is 0 Å². The molecule has 18 heavy (non-hydrogen) atoms. The average Bonchev–Trinajstić information content (AvgIpc) is 2.72. The van der Waals surface area contributed by atoms with Crippen LogP contribution in [0.1, 0.15) is 44.0 Å². The Kier molecular flexibility index (Phi) is 4.36. The lowest BCUT2D eigenvalue weighted by molar-refractivity contribution is 0.443. The summed E-state index contributed by atoms with van der Waals surface area (Å²) in [5.41, 5.74) is 6.24. The zero-order chi connectivity index (χ0) is 13.1. The van der Waals surface area contributed by atoms with E-state index >= 15 is 0 Å². The van der Waals surface area contributed by atoms with Crippen molar-refractivity contribution < 1.29 is 4.39 Å². The number of nitrogens with two attached hydrogens (primary N) is 1. The van der Waals surface area contributed by atoms with Crippen molar-refractivity contribution in [2.75, 3.05) is 0 Å². The van der Waals surface area contributed by atoms with E-state index in [1.165, 1.54) is 23.8 Å². The van der Waals surface area contributed by atoms with E-state index in [1.54, 1.807) is 17.4 Å². The van der Waals surface area contributed by atoms with Crippen molar-refractivity contribution in [3.8, 4) is 0 Å². The molecular weight excluding hydrogens is 245 g/mol. The number of hydrogen-bond donors (Lipinski definition) is 1. The Labute approximate surface area is 112 Å². The molecule has 0 spiro atoms. The van der Waals surface area contributed by atoms with E-state index in [1.807, 2.05) is 12.1 Å². The Morgan fingerprint density at radius 2 is 2.11 bits per heavy atom. The minimum Gasteiger partial charge on any atom is -0.323 e. The number of rotatable bonds is 5. The average molecular weight is 265 g/mol. The van der Waals surface area contributed by atoms with Crippen LogP contribution >= 0.6 is 11.3 Å². The summed E-state index contributed by atoms with van der Waals surface area (Å²) in [5, 5.41) is 0.966. The van der Waals surface area contributed by atoms with E-state index in [4.69, 9.17) is 5.73 Å². The van der Waals surface area contributed by atoms with Crippen molar-refractivity contribution in [2.24, 2.45) is 11.7 Å². The predicted octanol–water partition coefficient (Wildman–Crippen LogP) is 4.87. The Balaban J connectivity index is 2.15. The molecular formula is C15H20FNS. The molecule has 2 N–H and O–H groups in total. The first kappa shape index (κ1) is 13.5. The molecule has 2 unspecified atom stereocenters.